The number of benzene rings is 1. The van der Waals surface area contributed by atoms with E-state index in [-0.39, 0.29) is 11.9 Å². The zero-order valence-corrected chi connectivity index (χ0v) is 15.8. The Labute approximate surface area is 157 Å². The van der Waals surface area contributed by atoms with E-state index in [1.165, 1.54) is 17.7 Å². The third kappa shape index (κ3) is 3.69. The van der Waals surface area contributed by atoms with Crippen molar-refractivity contribution < 1.29 is 9.21 Å². The Morgan fingerprint density at radius 3 is 2.81 bits per heavy atom. The molecule has 0 unspecified atom stereocenters. The van der Waals surface area contributed by atoms with Crippen molar-refractivity contribution in [1.29, 1.82) is 0 Å². The highest BCUT2D eigenvalue weighted by Crippen LogP contribution is 2.29. The third-order valence-corrected chi connectivity index (χ3v) is 6.21. The minimum absolute atomic E-state index is 0.145. The lowest BCUT2D eigenvalue weighted by Gasteiger charge is -2.36. The van der Waals surface area contributed by atoms with Gasteiger partial charge in [-0.15, -0.1) is 11.3 Å². The number of carbonyl (C=O) groups is 1. The van der Waals surface area contributed by atoms with Crippen LogP contribution >= 0.6 is 11.3 Å². The average molecular weight is 369 g/mol. The van der Waals surface area contributed by atoms with E-state index in [0.717, 1.165) is 30.0 Å². The summed E-state index contributed by atoms with van der Waals surface area (Å²) in [5.41, 5.74) is 0.748. The molecule has 1 aliphatic rings. The lowest BCUT2D eigenvalue weighted by atomic mass is 9.97. The molecule has 0 aliphatic carbocycles. The predicted octanol–water partition coefficient (Wildman–Crippen LogP) is 4.70. The maximum atomic E-state index is 12.6. The number of hydrogen-bond donors (Lipinski definition) is 1. The van der Waals surface area contributed by atoms with Gasteiger partial charge in [-0.1, -0.05) is 31.2 Å². The SMILES string of the molecule is CC1CCN([C@@H](CNC(=O)c2cc3ccccc3o2)c2cccs2)CC1. The normalized spacial score (nSPS) is 17.4. The van der Waals surface area contributed by atoms with Gasteiger partial charge in [0, 0.05) is 16.8 Å². The highest BCUT2D eigenvalue weighted by atomic mass is 32.1. The molecule has 26 heavy (non-hydrogen) atoms. The largest absolute Gasteiger partial charge is 0.451 e. The molecule has 3 heterocycles. The highest BCUT2D eigenvalue weighted by molar-refractivity contribution is 7.10. The molecule has 136 valence electrons. The van der Waals surface area contributed by atoms with Crippen molar-refractivity contribution in [3.8, 4) is 0 Å². The molecule has 1 fully saturated rings. The number of nitrogens with one attached hydrogen (secondary N) is 1. The van der Waals surface area contributed by atoms with Crippen LogP contribution in [0.4, 0.5) is 0 Å². The van der Waals surface area contributed by atoms with Gasteiger partial charge in [0.05, 0.1) is 6.04 Å². The van der Waals surface area contributed by atoms with Crippen molar-refractivity contribution in [3.05, 3.63) is 58.5 Å². The van der Waals surface area contributed by atoms with Crippen LogP contribution in [-0.4, -0.2) is 30.4 Å². The molecule has 0 saturated carbocycles. The lowest BCUT2D eigenvalue weighted by Crippen LogP contribution is -2.41. The molecular weight excluding hydrogens is 344 g/mol. The number of likely N-dealkylation sites (tertiary alicyclic amines) is 1. The predicted molar refractivity (Wildman–Crippen MR) is 106 cm³/mol. The number of fused-ring (bicyclic) bond motifs is 1. The molecular formula is C21H24N2O2S. The van der Waals surface area contributed by atoms with Crippen LogP contribution in [-0.2, 0) is 0 Å². The van der Waals surface area contributed by atoms with E-state index in [9.17, 15) is 4.79 Å². The third-order valence-electron chi connectivity index (χ3n) is 5.24. The maximum Gasteiger partial charge on any atom is 0.287 e. The van der Waals surface area contributed by atoms with Gasteiger partial charge in [0.2, 0.25) is 0 Å². The van der Waals surface area contributed by atoms with E-state index in [4.69, 9.17) is 4.42 Å². The Hall–Kier alpha value is -2.11. The van der Waals surface area contributed by atoms with E-state index in [0.29, 0.717) is 12.3 Å². The van der Waals surface area contributed by atoms with Gasteiger partial charge in [-0.25, -0.2) is 0 Å². The van der Waals surface area contributed by atoms with Crippen LogP contribution in [0.2, 0.25) is 0 Å². The Kier molecular flexibility index (Phi) is 5.09. The maximum absolute atomic E-state index is 12.6. The fraction of sp³-hybridized carbons (Fsp3) is 0.381. The van der Waals surface area contributed by atoms with Gasteiger partial charge in [-0.2, -0.15) is 0 Å². The first-order valence-corrected chi connectivity index (χ1v) is 10.1. The van der Waals surface area contributed by atoms with Crippen LogP contribution in [0.1, 0.15) is 41.2 Å². The molecule has 2 aromatic heterocycles. The molecule has 4 nitrogen and oxygen atoms in total. The fourth-order valence-corrected chi connectivity index (χ4v) is 4.46. The second-order valence-electron chi connectivity index (χ2n) is 7.11. The van der Waals surface area contributed by atoms with Crippen molar-refractivity contribution in [2.45, 2.75) is 25.8 Å². The van der Waals surface area contributed by atoms with Gasteiger partial charge >= 0.3 is 0 Å². The summed E-state index contributed by atoms with van der Waals surface area (Å²) in [5.74, 6) is 1.02. The van der Waals surface area contributed by atoms with Crippen molar-refractivity contribution in [3.63, 3.8) is 0 Å². The molecule has 0 spiro atoms. The summed E-state index contributed by atoms with van der Waals surface area (Å²) in [5, 5.41) is 6.15. The lowest BCUT2D eigenvalue weighted by molar-refractivity contribution is 0.0890. The Morgan fingerprint density at radius 2 is 2.08 bits per heavy atom. The van der Waals surface area contributed by atoms with Gasteiger partial charge < -0.3 is 9.73 Å². The zero-order chi connectivity index (χ0) is 17.9. The van der Waals surface area contributed by atoms with Crippen LogP contribution in [0, 0.1) is 5.92 Å². The second-order valence-corrected chi connectivity index (χ2v) is 8.09. The molecule has 4 rings (SSSR count). The minimum Gasteiger partial charge on any atom is -0.451 e. The number of thiophene rings is 1. The number of nitrogens with zero attached hydrogens (tertiary/aromatic N) is 1. The standard InChI is InChI=1S/C21H24N2O2S/c1-15-8-10-23(11-9-15)17(20-7-4-12-26-20)14-22-21(24)19-13-16-5-2-3-6-18(16)25-19/h2-7,12-13,15,17H,8-11,14H2,1H3,(H,22,24)/t17-/m0/s1. The van der Waals surface area contributed by atoms with Crippen LogP contribution in [0.25, 0.3) is 11.0 Å². The van der Waals surface area contributed by atoms with Gasteiger partial charge in [-0.3, -0.25) is 9.69 Å². The van der Waals surface area contributed by atoms with Crippen LogP contribution in [0.15, 0.2) is 52.3 Å². The van der Waals surface area contributed by atoms with E-state index < -0.39 is 0 Å². The smallest absolute Gasteiger partial charge is 0.287 e. The fourth-order valence-electron chi connectivity index (χ4n) is 3.60. The van der Waals surface area contributed by atoms with Gasteiger partial charge in [-0.05, 0) is 55.4 Å². The van der Waals surface area contributed by atoms with Crippen LogP contribution in [0.5, 0.6) is 0 Å². The Balaban J connectivity index is 1.46. The summed E-state index contributed by atoms with van der Waals surface area (Å²) < 4.78 is 5.69. The molecule has 0 radical (unpaired) electrons. The van der Waals surface area contributed by atoms with Gasteiger partial charge in [0.15, 0.2) is 5.76 Å². The second kappa shape index (κ2) is 7.64. The van der Waals surface area contributed by atoms with E-state index in [1.807, 2.05) is 30.3 Å². The molecule has 5 heteroatoms. The monoisotopic (exact) mass is 368 g/mol. The molecule has 1 aromatic carbocycles. The van der Waals surface area contributed by atoms with Gasteiger partial charge in [0.25, 0.3) is 5.91 Å². The summed E-state index contributed by atoms with van der Waals surface area (Å²) in [6.07, 6.45) is 2.44. The number of rotatable bonds is 5. The summed E-state index contributed by atoms with van der Waals surface area (Å²) >= 11 is 1.76. The number of furan rings is 1. The van der Waals surface area contributed by atoms with Crippen LogP contribution in [0.3, 0.4) is 0 Å². The quantitative estimate of drug-likeness (QED) is 0.710. The first kappa shape index (κ1) is 17.3. The van der Waals surface area contributed by atoms with Crippen molar-refractivity contribution in [1.82, 2.24) is 10.2 Å². The highest BCUT2D eigenvalue weighted by Gasteiger charge is 2.26. The van der Waals surface area contributed by atoms with Crippen molar-refractivity contribution >= 4 is 28.2 Å². The van der Waals surface area contributed by atoms with E-state index >= 15 is 0 Å². The average Bonchev–Trinajstić information content (AvgIpc) is 3.33. The Bertz CT molecular complexity index is 830. The molecule has 1 amide bonds. The number of hydrogen-bond acceptors (Lipinski definition) is 4. The van der Waals surface area contributed by atoms with E-state index in [2.05, 4.69) is 34.7 Å². The number of piperidine rings is 1. The zero-order valence-electron chi connectivity index (χ0n) is 15.0. The molecule has 3 aromatic rings. The van der Waals surface area contributed by atoms with Crippen LogP contribution < -0.4 is 5.32 Å². The summed E-state index contributed by atoms with van der Waals surface area (Å²) in [4.78, 5) is 16.4. The number of para-hydroxylation sites is 1. The molecule has 1 N–H and O–H groups in total. The van der Waals surface area contributed by atoms with Gasteiger partial charge in [0.1, 0.15) is 5.58 Å². The minimum atomic E-state index is -0.145. The summed E-state index contributed by atoms with van der Waals surface area (Å²) in [6.45, 7) is 5.10. The van der Waals surface area contributed by atoms with Crippen molar-refractivity contribution in [2.24, 2.45) is 5.92 Å². The molecule has 0 bridgehead atoms. The summed E-state index contributed by atoms with van der Waals surface area (Å²) in [7, 11) is 0. The molecule has 1 saturated heterocycles. The van der Waals surface area contributed by atoms with E-state index in [1.54, 1.807) is 11.3 Å². The molecule has 1 atom stereocenters. The first-order valence-electron chi connectivity index (χ1n) is 9.25. The number of amides is 1. The Morgan fingerprint density at radius 1 is 1.27 bits per heavy atom. The first-order chi connectivity index (χ1) is 12.7. The number of carbonyl (C=O) groups excluding carboxylic acids is 1. The van der Waals surface area contributed by atoms with Crippen molar-refractivity contribution in [2.75, 3.05) is 19.6 Å². The summed E-state index contributed by atoms with van der Waals surface area (Å²) in [6, 6.07) is 14.0. The molecule has 1 aliphatic heterocycles. The topological polar surface area (TPSA) is 45.5 Å².